The molecular weight excluding hydrogens is 288 g/mol. The first-order chi connectivity index (χ1) is 11.1. The molecule has 2 aliphatic heterocycles. The second-order valence-electron chi connectivity index (χ2n) is 6.13. The minimum atomic E-state index is -0.641. The van der Waals surface area contributed by atoms with Crippen LogP contribution < -0.4 is 4.74 Å². The Morgan fingerprint density at radius 3 is 2.65 bits per heavy atom. The minimum absolute atomic E-state index is 0.0293. The van der Waals surface area contributed by atoms with Gasteiger partial charge in [0.25, 0.3) is 0 Å². The first-order valence-electron chi connectivity index (χ1n) is 7.82. The zero-order chi connectivity index (χ0) is 16.0. The molecule has 0 fully saturated rings. The number of ketones is 1. The van der Waals surface area contributed by atoms with Crippen LogP contribution in [0.15, 0.2) is 53.6 Å². The SMILES string of the molecule is CC(=O)[C@@H]1Oc2ccccc2[C@H]2CC(c3ccc(C)cc3)=NN21. The zero-order valence-electron chi connectivity index (χ0n) is 13.2. The van der Waals surface area contributed by atoms with Crippen molar-refractivity contribution in [2.75, 3.05) is 0 Å². The molecule has 0 N–H and O–H groups in total. The van der Waals surface area contributed by atoms with Crippen molar-refractivity contribution >= 4 is 11.5 Å². The maximum absolute atomic E-state index is 12.0. The maximum atomic E-state index is 12.0. The van der Waals surface area contributed by atoms with Crippen molar-refractivity contribution in [3.8, 4) is 5.75 Å². The molecule has 2 aromatic carbocycles. The molecule has 116 valence electrons. The van der Waals surface area contributed by atoms with E-state index in [2.05, 4.69) is 37.3 Å². The summed E-state index contributed by atoms with van der Waals surface area (Å²) >= 11 is 0. The topological polar surface area (TPSA) is 41.9 Å². The van der Waals surface area contributed by atoms with Gasteiger partial charge in [-0.25, -0.2) is 5.01 Å². The quantitative estimate of drug-likeness (QED) is 0.853. The minimum Gasteiger partial charge on any atom is -0.461 e. The Morgan fingerprint density at radius 2 is 1.91 bits per heavy atom. The van der Waals surface area contributed by atoms with Crippen molar-refractivity contribution in [3.63, 3.8) is 0 Å². The molecule has 2 aromatic rings. The van der Waals surface area contributed by atoms with Crippen LogP contribution in [0.2, 0.25) is 0 Å². The predicted octanol–water partition coefficient (Wildman–Crippen LogP) is 3.45. The van der Waals surface area contributed by atoms with Crippen LogP contribution in [-0.4, -0.2) is 22.7 Å². The molecule has 0 aliphatic carbocycles. The molecule has 4 rings (SSSR count). The Morgan fingerprint density at radius 1 is 1.17 bits per heavy atom. The van der Waals surface area contributed by atoms with Crippen molar-refractivity contribution in [2.24, 2.45) is 5.10 Å². The molecule has 0 radical (unpaired) electrons. The summed E-state index contributed by atoms with van der Waals surface area (Å²) in [4.78, 5) is 12.0. The lowest BCUT2D eigenvalue weighted by molar-refractivity contribution is -0.135. The lowest BCUT2D eigenvalue weighted by Gasteiger charge is -2.36. The number of fused-ring (bicyclic) bond motifs is 3. The highest BCUT2D eigenvalue weighted by Gasteiger charge is 2.41. The molecule has 2 heterocycles. The van der Waals surface area contributed by atoms with Crippen LogP contribution in [-0.2, 0) is 4.79 Å². The molecule has 0 unspecified atom stereocenters. The van der Waals surface area contributed by atoms with Gasteiger partial charge < -0.3 is 4.74 Å². The van der Waals surface area contributed by atoms with E-state index in [0.717, 1.165) is 29.0 Å². The molecule has 2 aliphatic rings. The van der Waals surface area contributed by atoms with E-state index in [1.165, 1.54) is 5.56 Å². The van der Waals surface area contributed by atoms with Gasteiger partial charge in [-0.15, -0.1) is 0 Å². The van der Waals surface area contributed by atoms with E-state index in [9.17, 15) is 4.79 Å². The third kappa shape index (κ3) is 2.31. The number of rotatable bonds is 2. The van der Waals surface area contributed by atoms with Crippen LogP contribution in [0, 0.1) is 6.92 Å². The lowest BCUT2D eigenvalue weighted by atomic mass is 9.96. The average Bonchev–Trinajstić information content (AvgIpc) is 3.00. The van der Waals surface area contributed by atoms with Gasteiger partial charge in [0.15, 0.2) is 5.78 Å². The van der Waals surface area contributed by atoms with Gasteiger partial charge in [0.05, 0.1) is 11.8 Å². The summed E-state index contributed by atoms with van der Waals surface area (Å²) in [6.07, 6.45) is 0.144. The smallest absolute Gasteiger partial charge is 0.246 e. The lowest BCUT2D eigenvalue weighted by Crippen LogP contribution is -2.44. The normalized spacial score (nSPS) is 22.0. The number of Topliss-reactive ketones (excluding diaryl/α,β-unsaturated/α-hetero) is 1. The molecule has 4 heteroatoms. The average molecular weight is 306 g/mol. The molecule has 0 saturated heterocycles. The van der Waals surface area contributed by atoms with Gasteiger partial charge in [0.1, 0.15) is 5.75 Å². The highest BCUT2D eigenvalue weighted by molar-refractivity contribution is 6.02. The molecule has 0 amide bonds. The third-order valence-corrected chi connectivity index (χ3v) is 4.43. The monoisotopic (exact) mass is 306 g/mol. The Hall–Kier alpha value is -2.62. The standard InChI is InChI=1S/C19H18N2O2/c1-12-7-9-14(10-8-12)16-11-17-15-5-3-4-6-18(15)23-19(13(2)22)21(17)20-16/h3-10,17,19H,11H2,1-2H3/t17-,19+/m1/s1. The molecule has 4 nitrogen and oxygen atoms in total. The Labute approximate surface area is 135 Å². The van der Waals surface area contributed by atoms with Crippen LogP contribution in [0.1, 0.15) is 36.1 Å². The van der Waals surface area contributed by atoms with Gasteiger partial charge in [-0.1, -0.05) is 48.0 Å². The van der Waals surface area contributed by atoms with Crippen molar-refractivity contribution in [1.82, 2.24) is 5.01 Å². The Balaban J connectivity index is 1.75. The maximum Gasteiger partial charge on any atom is 0.246 e. The molecule has 0 aromatic heterocycles. The van der Waals surface area contributed by atoms with Gasteiger partial charge in [-0.05, 0) is 18.6 Å². The molecule has 23 heavy (non-hydrogen) atoms. The number of hydrazone groups is 1. The van der Waals surface area contributed by atoms with Gasteiger partial charge in [0, 0.05) is 18.9 Å². The Kier molecular flexibility index (Phi) is 3.18. The van der Waals surface area contributed by atoms with E-state index in [0.29, 0.717) is 0 Å². The number of carbonyl (C=O) groups excluding carboxylic acids is 1. The highest BCUT2D eigenvalue weighted by Crippen LogP contribution is 2.42. The Bertz CT molecular complexity index is 795. The fourth-order valence-corrected chi connectivity index (χ4v) is 3.22. The zero-order valence-corrected chi connectivity index (χ0v) is 13.2. The molecule has 2 atom stereocenters. The van der Waals surface area contributed by atoms with Crippen LogP contribution in [0.4, 0.5) is 0 Å². The van der Waals surface area contributed by atoms with Gasteiger partial charge >= 0.3 is 0 Å². The largest absolute Gasteiger partial charge is 0.461 e. The second kappa shape index (κ2) is 5.23. The van der Waals surface area contributed by atoms with Crippen molar-refractivity contribution < 1.29 is 9.53 Å². The fraction of sp³-hybridized carbons (Fsp3) is 0.263. The van der Waals surface area contributed by atoms with Crippen LogP contribution >= 0.6 is 0 Å². The molecule has 0 bridgehead atoms. The van der Waals surface area contributed by atoms with Gasteiger partial charge in [0.2, 0.25) is 6.23 Å². The van der Waals surface area contributed by atoms with Crippen LogP contribution in [0.5, 0.6) is 5.75 Å². The van der Waals surface area contributed by atoms with E-state index in [1.54, 1.807) is 6.92 Å². The second-order valence-corrected chi connectivity index (χ2v) is 6.13. The van der Waals surface area contributed by atoms with Crippen molar-refractivity contribution in [1.29, 1.82) is 0 Å². The number of aryl methyl sites for hydroxylation is 1. The predicted molar refractivity (Wildman–Crippen MR) is 88.5 cm³/mol. The molecular formula is C19H18N2O2. The molecule has 0 saturated carbocycles. The summed E-state index contributed by atoms with van der Waals surface area (Å²) in [5.74, 6) is 0.757. The van der Waals surface area contributed by atoms with Gasteiger partial charge in [-0.2, -0.15) is 5.10 Å². The van der Waals surface area contributed by atoms with E-state index >= 15 is 0 Å². The van der Waals surface area contributed by atoms with Crippen LogP contribution in [0.25, 0.3) is 0 Å². The van der Waals surface area contributed by atoms with E-state index in [-0.39, 0.29) is 11.8 Å². The summed E-state index contributed by atoms with van der Waals surface area (Å²) in [5, 5.41) is 6.53. The number of nitrogens with zero attached hydrogens (tertiary/aromatic N) is 2. The number of para-hydroxylation sites is 1. The fourth-order valence-electron chi connectivity index (χ4n) is 3.22. The summed E-state index contributed by atoms with van der Waals surface area (Å²) in [6, 6.07) is 16.3. The van der Waals surface area contributed by atoms with Crippen molar-refractivity contribution in [2.45, 2.75) is 32.5 Å². The van der Waals surface area contributed by atoms with E-state index in [4.69, 9.17) is 9.84 Å². The molecule has 0 spiro atoms. The van der Waals surface area contributed by atoms with Crippen molar-refractivity contribution in [3.05, 3.63) is 65.2 Å². The number of carbonyl (C=O) groups is 1. The highest BCUT2D eigenvalue weighted by atomic mass is 16.5. The van der Waals surface area contributed by atoms with Crippen LogP contribution in [0.3, 0.4) is 0 Å². The number of hydrogen-bond acceptors (Lipinski definition) is 4. The number of hydrogen-bond donors (Lipinski definition) is 0. The summed E-state index contributed by atoms with van der Waals surface area (Å²) < 4.78 is 5.88. The summed E-state index contributed by atoms with van der Waals surface area (Å²) in [5.41, 5.74) is 4.42. The van der Waals surface area contributed by atoms with Gasteiger partial charge in [-0.3, -0.25) is 4.79 Å². The summed E-state index contributed by atoms with van der Waals surface area (Å²) in [7, 11) is 0. The van der Waals surface area contributed by atoms with E-state index < -0.39 is 6.23 Å². The third-order valence-electron chi connectivity index (χ3n) is 4.43. The first kappa shape index (κ1) is 14.0. The number of benzene rings is 2. The summed E-state index contributed by atoms with van der Waals surface area (Å²) in [6.45, 7) is 3.62. The van der Waals surface area contributed by atoms with E-state index in [1.807, 2.05) is 23.2 Å². The first-order valence-corrected chi connectivity index (χ1v) is 7.82. The number of ether oxygens (including phenoxy) is 1.